The summed E-state index contributed by atoms with van der Waals surface area (Å²) in [6, 6.07) is -5.98. The molecule has 22 N–H and O–H groups in total. The van der Waals surface area contributed by atoms with E-state index < -0.39 is 291 Å². The number of carboxylic acid groups (broad SMARTS) is 1. The molecule has 6 fully saturated rings. The summed E-state index contributed by atoms with van der Waals surface area (Å²) >= 11 is 0. The van der Waals surface area contributed by atoms with Crippen molar-refractivity contribution >= 4 is 54.9 Å². The van der Waals surface area contributed by atoms with E-state index in [1.807, 2.05) is 0 Å². The Morgan fingerprint density at radius 2 is 0.872 bits per heavy atom. The third kappa shape index (κ3) is 19.9. The molecule has 0 aliphatic carbocycles. The molecule has 0 radical (unpaired) electrons. The van der Waals surface area contributed by atoms with E-state index in [0.29, 0.717) is 0 Å². The van der Waals surface area contributed by atoms with Crippen molar-refractivity contribution in [2.45, 2.75) is 217 Å². The SMILES string of the molecule is CC(=O)N[C@H]1[C@H](O[C@H]2[C@@H](O)[C@@H](COS(=O)(=O)O)O[C@@H](O[C@H]3[C@H](O)[C@@H](NC(C)=O)[C@H](O[C@H]4[C@@H](O)[C@@H](CO)OC(O)[C@@H]4O)O[C@@H]3COS(=O)(=O)O)[C@@H]2O)O[C@H](COS(=O)(=O)O)[C@@H](O[C@@H]2O[C@H](CO[C@]3(C(=O)O)C[C@H](O)[C@@H](NC(C)=O)[C@H]([C@H](O)[C@H](O)CO)O3)[C@H](O)[C@H](O)[C@H]2O)[C@@H]1O. The molecular weight excluding hydrogens is 1370 g/mol. The number of ether oxygens (including phenoxy) is 11. The van der Waals surface area contributed by atoms with E-state index in [0.717, 1.165) is 20.8 Å². The second-order valence-corrected chi connectivity index (χ2v) is 25.3. The van der Waals surface area contributed by atoms with Gasteiger partial charge in [0.25, 0.3) is 5.79 Å². The van der Waals surface area contributed by atoms with Gasteiger partial charge in [0.15, 0.2) is 31.5 Å². The van der Waals surface area contributed by atoms with Gasteiger partial charge in [0, 0.05) is 27.2 Å². The van der Waals surface area contributed by atoms with Crippen molar-refractivity contribution in [1.82, 2.24) is 16.0 Å². The first-order valence-corrected chi connectivity index (χ1v) is 31.8. The van der Waals surface area contributed by atoms with E-state index in [9.17, 15) is 140 Å². The standard InChI is InChI=1S/C45H75N3O43S3/c1-11(51)46-21-14(54)4-45(44(67)68,91-36(21)24(56)15(55)5-49)78-7-17-25(57)30(62)31(63)42(83-17)87-34-19(9-80-93(72,73)74)86-41(23(28(34)60)48-13(3)53)90-38-27(59)18(8-79-92(69,70)71)84-43(33(38)65)88-35-20(10-81-94(75,76)77)85-40(22(29(35)61)47-12(2)52)89-37-26(58)16(6-50)82-39(66)32(37)64/h14-43,49-50,54-66H,4-10H2,1-3H3,(H,46,51)(H,47,52)(H,48,53)(H,67,68)(H,69,70,71)(H,72,73,74)(H,75,76,77)/t14-,15+,16+,17+,18+,19+,20+,21+,22+,23+,24+,25-,26-,27-,28+,29+,30-,31+,32+,33+,34+,35+,36+,37-,38-,39?,40-,41-,42-,43-,45+/m0/s1. The zero-order valence-corrected chi connectivity index (χ0v) is 51.2. The predicted octanol–water partition coefficient (Wildman–Crippen LogP) is -15.0. The molecule has 49 heteroatoms. The lowest BCUT2D eigenvalue weighted by atomic mass is 9.88. The average Bonchev–Trinajstić information content (AvgIpc) is 0.776. The van der Waals surface area contributed by atoms with E-state index in [-0.39, 0.29) is 0 Å². The van der Waals surface area contributed by atoms with Gasteiger partial charge in [0.1, 0.15) is 140 Å². The third-order valence-corrected chi connectivity index (χ3v) is 16.5. The lowest BCUT2D eigenvalue weighted by molar-refractivity contribution is -0.382. The molecule has 546 valence electrons. The molecule has 0 bridgehead atoms. The molecule has 0 aromatic rings. The van der Waals surface area contributed by atoms with Crippen molar-refractivity contribution in [1.29, 1.82) is 0 Å². The first-order chi connectivity index (χ1) is 43.5. The van der Waals surface area contributed by atoms with Crippen molar-refractivity contribution in [2.24, 2.45) is 0 Å². The van der Waals surface area contributed by atoms with Crippen molar-refractivity contribution in [2.75, 3.05) is 39.6 Å². The molecule has 0 aromatic heterocycles. The largest absolute Gasteiger partial charge is 0.477 e. The number of rotatable bonds is 28. The van der Waals surface area contributed by atoms with Crippen LogP contribution in [0.3, 0.4) is 0 Å². The van der Waals surface area contributed by atoms with Gasteiger partial charge in [-0.15, -0.1) is 0 Å². The van der Waals surface area contributed by atoms with Crippen LogP contribution in [0.1, 0.15) is 27.2 Å². The summed E-state index contributed by atoms with van der Waals surface area (Å²) in [6.07, 6.45) is -63.3. The minimum Gasteiger partial charge on any atom is -0.477 e. The van der Waals surface area contributed by atoms with E-state index in [2.05, 4.69) is 28.5 Å². The van der Waals surface area contributed by atoms with E-state index in [4.69, 9.17) is 52.1 Å². The van der Waals surface area contributed by atoms with Gasteiger partial charge in [-0.05, 0) is 0 Å². The highest BCUT2D eigenvalue weighted by atomic mass is 32.3. The molecule has 0 spiro atoms. The van der Waals surface area contributed by atoms with E-state index in [1.165, 1.54) is 0 Å². The van der Waals surface area contributed by atoms with Crippen molar-refractivity contribution in [3.05, 3.63) is 0 Å². The topological polar surface area (TPSA) is 720 Å². The van der Waals surface area contributed by atoms with Crippen molar-refractivity contribution < 1.29 is 204 Å². The maximum absolute atomic E-state index is 12.9. The summed E-state index contributed by atoms with van der Waals surface area (Å²) in [4.78, 5) is 50.4. The van der Waals surface area contributed by atoms with Crippen LogP contribution in [0.25, 0.3) is 0 Å². The normalized spacial score (nSPS) is 42.4. The highest BCUT2D eigenvalue weighted by molar-refractivity contribution is 7.81. The Morgan fingerprint density at radius 3 is 1.30 bits per heavy atom. The number of aliphatic carboxylic acids is 1. The van der Waals surface area contributed by atoms with Crippen molar-refractivity contribution in [3.8, 4) is 0 Å². The number of amides is 3. The summed E-state index contributed by atoms with van der Waals surface area (Å²) in [7, 11) is -16.6. The Morgan fingerprint density at radius 1 is 0.479 bits per heavy atom. The van der Waals surface area contributed by atoms with Crippen LogP contribution >= 0.6 is 0 Å². The molecule has 0 aromatic carbocycles. The van der Waals surface area contributed by atoms with Crippen LogP contribution in [-0.2, 0) is 115 Å². The number of aliphatic hydroxyl groups excluding tert-OH is 15. The zero-order chi connectivity index (χ0) is 70.6. The molecule has 94 heavy (non-hydrogen) atoms. The summed E-state index contributed by atoms with van der Waals surface area (Å²) in [5, 5.41) is 181. The molecule has 1 unspecified atom stereocenters. The van der Waals surface area contributed by atoms with Gasteiger partial charge in [-0.2, -0.15) is 25.3 Å². The zero-order valence-electron chi connectivity index (χ0n) is 48.8. The number of hydrogen-bond donors (Lipinski definition) is 22. The van der Waals surface area contributed by atoms with Gasteiger partial charge in [-0.25, -0.2) is 17.3 Å². The monoisotopic (exact) mass is 1440 g/mol. The molecule has 6 heterocycles. The highest BCUT2D eigenvalue weighted by Gasteiger charge is 2.60. The molecule has 6 aliphatic heterocycles. The Labute approximate surface area is 530 Å². The minimum atomic E-state index is -5.59. The minimum absolute atomic E-state index is 0.789. The number of carbonyl (C=O) groups is 4. The van der Waals surface area contributed by atoms with Gasteiger partial charge in [-0.1, -0.05) is 0 Å². The van der Waals surface area contributed by atoms with Crippen LogP contribution in [-0.4, -0.2) is 374 Å². The summed E-state index contributed by atoms with van der Waals surface area (Å²) in [6.45, 7) is -5.39. The fourth-order valence-electron chi connectivity index (χ4n) is 10.7. The molecule has 6 aliphatic rings. The molecule has 46 nitrogen and oxygen atoms in total. The van der Waals surface area contributed by atoms with Gasteiger partial charge in [0.2, 0.25) is 17.7 Å². The second-order valence-electron chi connectivity index (χ2n) is 22.0. The quantitative estimate of drug-likeness (QED) is 0.0324. The maximum atomic E-state index is 12.9. The molecule has 0 saturated carbocycles. The van der Waals surface area contributed by atoms with Crippen LogP contribution in [0.4, 0.5) is 0 Å². The summed E-state index contributed by atoms with van der Waals surface area (Å²) < 4.78 is 176. The van der Waals surface area contributed by atoms with Gasteiger partial charge in [-0.3, -0.25) is 28.0 Å². The summed E-state index contributed by atoms with van der Waals surface area (Å²) in [5.41, 5.74) is 0. The Bertz CT molecular complexity index is 2890. The first-order valence-electron chi connectivity index (χ1n) is 27.7. The van der Waals surface area contributed by atoms with Crippen LogP contribution < -0.4 is 16.0 Å². The highest BCUT2D eigenvalue weighted by Crippen LogP contribution is 2.39. The Hall–Kier alpha value is -3.55. The summed E-state index contributed by atoms with van der Waals surface area (Å²) in [5.74, 6) is -8.24. The van der Waals surface area contributed by atoms with Crippen LogP contribution in [0.5, 0.6) is 0 Å². The Kier molecular flexibility index (Phi) is 27.6. The average molecular weight is 1440 g/mol. The number of hydrogen-bond acceptors (Lipinski definition) is 39. The molecule has 6 saturated heterocycles. The van der Waals surface area contributed by atoms with E-state index in [1.54, 1.807) is 0 Å². The van der Waals surface area contributed by atoms with Crippen LogP contribution in [0.15, 0.2) is 0 Å². The molecule has 31 atom stereocenters. The van der Waals surface area contributed by atoms with Crippen LogP contribution in [0.2, 0.25) is 0 Å². The molecule has 6 rings (SSSR count). The maximum Gasteiger partial charge on any atom is 0.397 e. The predicted molar refractivity (Wildman–Crippen MR) is 282 cm³/mol. The number of carboxylic acids is 1. The fraction of sp³-hybridized carbons (Fsp3) is 0.911. The fourth-order valence-corrected chi connectivity index (χ4v) is 11.7. The van der Waals surface area contributed by atoms with Crippen molar-refractivity contribution in [3.63, 3.8) is 0 Å². The number of nitrogens with one attached hydrogen (secondary N) is 3. The van der Waals surface area contributed by atoms with E-state index >= 15 is 0 Å². The lowest BCUT2D eigenvalue weighted by Gasteiger charge is -2.50. The lowest BCUT2D eigenvalue weighted by Crippen LogP contribution is -2.70. The Balaban J connectivity index is 1.32. The smallest absolute Gasteiger partial charge is 0.397 e. The molecular formula is C45H75N3O43S3. The number of carbonyl (C=O) groups excluding carboxylic acids is 3. The third-order valence-electron chi connectivity index (χ3n) is 15.2. The van der Waals surface area contributed by atoms with Gasteiger partial charge < -0.3 is 150 Å². The first kappa shape index (κ1) is 79.4. The number of aliphatic hydroxyl groups is 15. The van der Waals surface area contributed by atoms with Gasteiger partial charge in [0.05, 0.1) is 51.8 Å². The van der Waals surface area contributed by atoms with Gasteiger partial charge >= 0.3 is 37.2 Å². The second kappa shape index (κ2) is 32.6. The molecule has 3 amide bonds. The van der Waals surface area contributed by atoms with Crippen LogP contribution in [0, 0.1) is 0 Å².